The molecule has 1 saturated carbocycles. The summed E-state index contributed by atoms with van der Waals surface area (Å²) in [5, 5.41) is 0. The van der Waals surface area contributed by atoms with Gasteiger partial charge in [-0.1, -0.05) is 12.1 Å². The van der Waals surface area contributed by atoms with E-state index in [0.717, 1.165) is 19.4 Å². The second-order valence-electron chi connectivity index (χ2n) is 7.20. The SMILES string of the molecule is CC(=O)c1cccc(S(=O)(=O)NCCC(=O)N2CC3CCC(N)C3C2)c1. The maximum absolute atomic E-state index is 12.4. The van der Waals surface area contributed by atoms with Crippen LogP contribution in [-0.4, -0.2) is 50.7 Å². The molecular weight excluding hydrogens is 354 g/mol. The third kappa shape index (κ3) is 3.97. The highest BCUT2D eigenvalue weighted by Crippen LogP contribution is 2.37. The molecule has 1 aromatic carbocycles. The molecule has 1 aliphatic carbocycles. The molecule has 1 aromatic rings. The Labute approximate surface area is 154 Å². The van der Waals surface area contributed by atoms with Gasteiger partial charge >= 0.3 is 0 Å². The van der Waals surface area contributed by atoms with E-state index in [0.29, 0.717) is 23.9 Å². The monoisotopic (exact) mass is 379 g/mol. The minimum atomic E-state index is -3.75. The van der Waals surface area contributed by atoms with Crippen molar-refractivity contribution in [2.45, 2.75) is 37.1 Å². The first-order valence-corrected chi connectivity index (χ1v) is 10.4. The van der Waals surface area contributed by atoms with Crippen molar-refractivity contribution in [3.8, 4) is 0 Å². The van der Waals surface area contributed by atoms with Crippen molar-refractivity contribution in [1.29, 1.82) is 0 Å². The van der Waals surface area contributed by atoms with Gasteiger partial charge in [0.05, 0.1) is 4.90 Å². The third-order valence-electron chi connectivity index (χ3n) is 5.45. The number of nitrogens with two attached hydrogens (primary N) is 1. The van der Waals surface area contributed by atoms with E-state index in [2.05, 4.69) is 4.72 Å². The van der Waals surface area contributed by atoms with Crippen molar-refractivity contribution in [3.63, 3.8) is 0 Å². The van der Waals surface area contributed by atoms with Gasteiger partial charge in [0.1, 0.15) is 0 Å². The van der Waals surface area contributed by atoms with Crippen molar-refractivity contribution in [2.75, 3.05) is 19.6 Å². The Balaban J connectivity index is 1.53. The van der Waals surface area contributed by atoms with Crippen LogP contribution in [0.1, 0.15) is 36.5 Å². The highest BCUT2D eigenvalue weighted by Gasteiger charge is 2.42. The fourth-order valence-corrected chi connectivity index (χ4v) is 5.00. The maximum Gasteiger partial charge on any atom is 0.240 e. The number of rotatable bonds is 6. The van der Waals surface area contributed by atoms with E-state index >= 15 is 0 Å². The number of fused-ring (bicyclic) bond motifs is 1. The number of ketones is 1. The molecule has 3 atom stereocenters. The molecule has 2 fully saturated rings. The summed E-state index contributed by atoms with van der Waals surface area (Å²) in [6.07, 6.45) is 2.20. The molecule has 0 spiro atoms. The van der Waals surface area contributed by atoms with Crippen LogP contribution < -0.4 is 10.5 Å². The van der Waals surface area contributed by atoms with E-state index < -0.39 is 10.0 Å². The summed E-state index contributed by atoms with van der Waals surface area (Å²) >= 11 is 0. The van der Waals surface area contributed by atoms with E-state index in [1.807, 2.05) is 0 Å². The van der Waals surface area contributed by atoms with E-state index in [1.165, 1.54) is 25.1 Å². The van der Waals surface area contributed by atoms with Crippen LogP contribution in [0.25, 0.3) is 0 Å². The highest BCUT2D eigenvalue weighted by molar-refractivity contribution is 7.89. The summed E-state index contributed by atoms with van der Waals surface area (Å²) < 4.78 is 27.1. The minimum Gasteiger partial charge on any atom is -0.342 e. The Bertz CT molecular complexity index is 808. The molecule has 0 radical (unpaired) electrons. The smallest absolute Gasteiger partial charge is 0.240 e. The molecule has 7 nitrogen and oxygen atoms in total. The lowest BCUT2D eigenvalue weighted by Gasteiger charge is -2.19. The predicted molar refractivity (Wildman–Crippen MR) is 97.0 cm³/mol. The summed E-state index contributed by atoms with van der Waals surface area (Å²) in [6.45, 7) is 2.82. The first kappa shape index (κ1) is 19.0. The predicted octanol–water partition coefficient (Wildman–Crippen LogP) is 0.753. The number of nitrogens with zero attached hydrogens (tertiary/aromatic N) is 1. The van der Waals surface area contributed by atoms with Gasteiger partial charge < -0.3 is 10.6 Å². The molecule has 1 amide bonds. The van der Waals surface area contributed by atoms with Gasteiger partial charge in [-0.05, 0) is 43.7 Å². The quantitative estimate of drug-likeness (QED) is 0.709. The first-order chi connectivity index (χ1) is 12.3. The second kappa shape index (κ2) is 7.46. The lowest BCUT2D eigenvalue weighted by Crippen LogP contribution is -2.35. The first-order valence-electron chi connectivity index (χ1n) is 8.92. The zero-order valence-electron chi connectivity index (χ0n) is 14.8. The van der Waals surface area contributed by atoms with E-state index in [9.17, 15) is 18.0 Å². The van der Waals surface area contributed by atoms with Crippen LogP contribution in [0.5, 0.6) is 0 Å². The van der Waals surface area contributed by atoms with Gasteiger partial charge in [-0.15, -0.1) is 0 Å². The Kier molecular flexibility index (Phi) is 5.45. The van der Waals surface area contributed by atoms with Crippen LogP contribution in [0, 0.1) is 11.8 Å². The normalized spacial score (nSPS) is 25.3. The van der Waals surface area contributed by atoms with Crippen molar-refractivity contribution < 1.29 is 18.0 Å². The molecule has 0 aromatic heterocycles. The lowest BCUT2D eigenvalue weighted by atomic mass is 9.98. The van der Waals surface area contributed by atoms with Crippen LogP contribution in [0.15, 0.2) is 29.2 Å². The van der Waals surface area contributed by atoms with Gasteiger partial charge in [0.15, 0.2) is 5.78 Å². The number of hydrogen-bond acceptors (Lipinski definition) is 5. The average molecular weight is 379 g/mol. The molecule has 1 heterocycles. The third-order valence-corrected chi connectivity index (χ3v) is 6.91. The summed E-state index contributed by atoms with van der Waals surface area (Å²) in [5.74, 6) is 0.617. The van der Waals surface area contributed by atoms with Crippen LogP contribution in [0.3, 0.4) is 0 Å². The molecule has 8 heteroatoms. The number of benzene rings is 1. The van der Waals surface area contributed by atoms with Gasteiger partial charge in [0, 0.05) is 37.7 Å². The number of carbonyl (C=O) groups is 2. The van der Waals surface area contributed by atoms with Gasteiger partial charge in [-0.3, -0.25) is 9.59 Å². The van der Waals surface area contributed by atoms with Crippen LogP contribution >= 0.6 is 0 Å². The number of Topliss-reactive ketones (excluding diaryl/α,β-unsaturated/α-hetero) is 1. The highest BCUT2D eigenvalue weighted by atomic mass is 32.2. The van der Waals surface area contributed by atoms with Crippen molar-refractivity contribution in [1.82, 2.24) is 9.62 Å². The van der Waals surface area contributed by atoms with E-state index in [4.69, 9.17) is 5.73 Å². The fourth-order valence-electron chi connectivity index (χ4n) is 3.93. The Morgan fingerprint density at radius 1 is 1.27 bits per heavy atom. The fraction of sp³-hybridized carbons (Fsp3) is 0.556. The standard InChI is InChI=1S/C18H25N3O4S/c1-12(22)13-3-2-4-15(9-13)26(24,25)20-8-7-18(23)21-10-14-5-6-17(19)16(14)11-21/h2-4,9,14,16-17,20H,5-8,10-11,19H2,1H3. The molecule has 26 heavy (non-hydrogen) atoms. The molecule has 0 bridgehead atoms. The molecule has 3 unspecified atom stereocenters. The molecule has 142 valence electrons. The zero-order chi connectivity index (χ0) is 18.9. The van der Waals surface area contributed by atoms with Crippen molar-refractivity contribution in [3.05, 3.63) is 29.8 Å². The molecular formula is C18H25N3O4S. The van der Waals surface area contributed by atoms with Gasteiger partial charge in [0.2, 0.25) is 15.9 Å². The lowest BCUT2D eigenvalue weighted by molar-refractivity contribution is -0.130. The molecule has 3 N–H and O–H groups in total. The van der Waals surface area contributed by atoms with Crippen molar-refractivity contribution in [2.24, 2.45) is 17.6 Å². The zero-order valence-corrected chi connectivity index (χ0v) is 15.7. The molecule has 3 rings (SSSR count). The topological polar surface area (TPSA) is 110 Å². The minimum absolute atomic E-state index is 0.0272. The Hall–Kier alpha value is -1.77. The van der Waals surface area contributed by atoms with Crippen molar-refractivity contribution >= 4 is 21.7 Å². The van der Waals surface area contributed by atoms with Crippen LogP contribution in [0.4, 0.5) is 0 Å². The van der Waals surface area contributed by atoms with Gasteiger partial charge in [-0.25, -0.2) is 13.1 Å². The number of likely N-dealkylation sites (tertiary alicyclic amines) is 1. The van der Waals surface area contributed by atoms with Gasteiger partial charge in [0.25, 0.3) is 0 Å². The Morgan fingerprint density at radius 2 is 2.04 bits per heavy atom. The summed E-state index contributed by atoms with van der Waals surface area (Å²) in [5.41, 5.74) is 6.42. The number of nitrogens with one attached hydrogen (secondary N) is 1. The number of amides is 1. The van der Waals surface area contributed by atoms with E-state index in [1.54, 1.807) is 11.0 Å². The van der Waals surface area contributed by atoms with Crippen LogP contribution in [0.2, 0.25) is 0 Å². The largest absolute Gasteiger partial charge is 0.342 e. The van der Waals surface area contributed by atoms with E-state index in [-0.39, 0.29) is 35.6 Å². The van der Waals surface area contributed by atoms with Gasteiger partial charge in [-0.2, -0.15) is 0 Å². The number of hydrogen-bond donors (Lipinski definition) is 2. The Morgan fingerprint density at radius 3 is 2.73 bits per heavy atom. The maximum atomic E-state index is 12.4. The molecule has 1 aliphatic heterocycles. The summed E-state index contributed by atoms with van der Waals surface area (Å²) in [7, 11) is -3.75. The average Bonchev–Trinajstić information content (AvgIpc) is 3.17. The molecule has 1 saturated heterocycles. The summed E-state index contributed by atoms with van der Waals surface area (Å²) in [6, 6.07) is 6.04. The summed E-state index contributed by atoms with van der Waals surface area (Å²) in [4.78, 5) is 25.6. The second-order valence-corrected chi connectivity index (χ2v) is 8.96. The van der Waals surface area contributed by atoms with Crippen LogP contribution in [-0.2, 0) is 14.8 Å². The molecule has 2 aliphatic rings. The number of sulfonamides is 1. The number of carbonyl (C=O) groups excluding carboxylic acids is 2.